The lowest BCUT2D eigenvalue weighted by Gasteiger charge is -2.14. The van der Waals surface area contributed by atoms with Crippen molar-refractivity contribution in [2.45, 2.75) is 32.9 Å². The number of hydrogen-bond donors (Lipinski definition) is 1. The van der Waals surface area contributed by atoms with Gasteiger partial charge in [-0.25, -0.2) is 0 Å². The third-order valence-corrected chi connectivity index (χ3v) is 2.37. The van der Waals surface area contributed by atoms with E-state index in [0.29, 0.717) is 13.0 Å². The van der Waals surface area contributed by atoms with Gasteiger partial charge in [0.25, 0.3) is 0 Å². The van der Waals surface area contributed by atoms with Crippen LogP contribution in [0.3, 0.4) is 0 Å². The van der Waals surface area contributed by atoms with E-state index >= 15 is 0 Å². The number of pyridine rings is 1. The van der Waals surface area contributed by atoms with Gasteiger partial charge in [-0.1, -0.05) is 13.0 Å². The highest BCUT2D eigenvalue weighted by atomic mass is 16.5. The van der Waals surface area contributed by atoms with Gasteiger partial charge in [-0.2, -0.15) is 0 Å². The number of carbonyl (C=O) groups is 1. The van der Waals surface area contributed by atoms with Gasteiger partial charge in [0.05, 0.1) is 12.8 Å². The topological polar surface area (TPSA) is 51.2 Å². The highest BCUT2D eigenvalue weighted by Gasteiger charge is 2.15. The first kappa shape index (κ1) is 12.6. The summed E-state index contributed by atoms with van der Waals surface area (Å²) in [5, 5.41) is 3.13. The van der Waals surface area contributed by atoms with Gasteiger partial charge in [-0.3, -0.25) is 15.1 Å². The Bertz CT molecular complexity index is 353. The molecule has 16 heavy (non-hydrogen) atoms. The zero-order valence-corrected chi connectivity index (χ0v) is 9.99. The van der Waals surface area contributed by atoms with E-state index in [9.17, 15) is 4.79 Å². The number of nitrogens with zero attached hydrogens (tertiary/aromatic N) is 1. The number of aromatic nitrogens is 1. The highest BCUT2D eigenvalue weighted by molar-refractivity contribution is 5.75. The maximum Gasteiger partial charge on any atom is 0.322 e. The molecule has 0 spiro atoms. The summed E-state index contributed by atoms with van der Waals surface area (Å²) in [7, 11) is 1.40. The molecule has 1 unspecified atom stereocenters. The Labute approximate surface area is 96.0 Å². The van der Waals surface area contributed by atoms with Gasteiger partial charge in [-0.15, -0.1) is 0 Å². The Hall–Kier alpha value is -1.42. The molecule has 0 bridgehead atoms. The zero-order chi connectivity index (χ0) is 12.0. The Morgan fingerprint density at radius 2 is 2.31 bits per heavy atom. The fraction of sp³-hybridized carbons (Fsp3) is 0.500. The predicted molar refractivity (Wildman–Crippen MR) is 61.9 cm³/mol. The van der Waals surface area contributed by atoms with Crippen LogP contribution in [0.1, 0.15) is 24.7 Å². The number of methoxy groups -OCH3 is 1. The quantitative estimate of drug-likeness (QED) is 0.766. The molecule has 0 saturated carbocycles. The maximum atomic E-state index is 11.3. The van der Waals surface area contributed by atoms with Crippen molar-refractivity contribution in [1.29, 1.82) is 0 Å². The van der Waals surface area contributed by atoms with E-state index in [4.69, 9.17) is 4.74 Å². The smallest absolute Gasteiger partial charge is 0.322 e. The van der Waals surface area contributed by atoms with E-state index in [2.05, 4.69) is 10.3 Å². The second-order valence-electron chi connectivity index (χ2n) is 3.64. The summed E-state index contributed by atoms with van der Waals surface area (Å²) in [4.78, 5) is 15.7. The maximum absolute atomic E-state index is 11.3. The molecule has 1 heterocycles. The van der Waals surface area contributed by atoms with E-state index in [1.165, 1.54) is 7.11 Å². The molecule has 1 atom stereocenters. The second-order valence-corrected chi connectivity index (χ2v) is 3.64. The molecule has 1 aromatic heterocycles. The third kappa shape index (κ3) is 3.62. The van der Waals surface area contributed by atoms with Crippen molar-refractivity contribution in [3.63, 3.8) is 0 Å². The number of ether oxygens (including phenoxy) is 1. The van der Waals surface area contributed by atoms with Crippen LogP contribution in [-0.4, -0.2) is 24.1 Å². The molecule has 1 N–H and O–H groups in total. The highest BCUT2D eigenvalue weighted by Crippen LogP contribution is 2.00. The van der Waals surface area contributed by atoms with Gasteiger partial charge < -0.3 is 4.74 Å². The summed E-state index contributed by atoms with van der Waals surface area (Å²) < 4.78 is 4.69. The van der Waals surface area contributed by atoms with Crippen LogP contribution in [0.5, 0.6) is 0 Å². The molecule has 0 radical (unpaired) electrons. The van der Waals surface area contributed by atoms with E-state index in [1.807, 2.05) is 32.0 Å². The van der Waals surface area contributed by atoms with Crippen molar-refractivity contribution in [3.8, 4) is 0 Å². The van der Waals surface area contributed by atoms with Crippen LogP contribution >= 0.6 is 0 Å². The van der Waals surface area contributed by atoms with Crippen molar-refractivity contribution in [2.24, 2.45) is 0 Å². The molecule has 4 heteroatoms. The normalized spacial score (nSPS) is 12.2. The molecule has 4 nitrogen and oxygen atoms in total. The molecule has 0 amide bonds. The van der Waals surface area contributed by atoms with Crippen molar-refractivity contribution >= 4 is 5.97 Å². The summed E-state index contributed by atoms with van der Waals surface area (Å²) in [6, 6.07) is 5.58. The molecular weight excluding hydrogens is 204 g/mol. The Morgan fingerprint density at radius 1 is 1.56 bits per heavy atom. The SMILES string of the molecule is CCC(NCc1cccc(C)n1)C(=O)OC. The molecule has 1 aromatic rings. The van der Waals surface area contributed by atoms with Crippen LogP contribution in [0.2, 0.25) is 0 Å². The minimum Gasteiger partial charge on any atom is -0.468 e. The summed E-state index contributed by atoms with van der Waals surface area (Å²) in [6.07, 6.45) is 0.707. The first-order valence-corrected chi connectivity index (χ1v) is 5.41. The first-order chi connectivity index (χ1) is 7.67. The Kier molecular flexibility index (Phi) is 4.92. The molecule has 0 saturated heterocycles. The predicted octanol–water partition coefficient (Wildman–Crippen LogP) is 1.43. The minimum atomic E-state index is -0.257. The molecule has 0 fully saturated rings. The average molecular weight is 222 g/mol. The van der Waals surface area contributed by atoms with Gasteiger partial charge in [0.15, 0.2) is 0 Å². The number of rotatable bonds is 5. The van der Waals surface area contributed by atoms with Gasteiger partial charge in [0, 0.05) is 12.2 Å². The Balaban J connectivity index is 2.52. The number of hydrogen-bond acceptors (Lipinski definition) is 4. The fourth-order valence-corrected chi connectivity index (χ4v) is 1.46. The lowest BCUT2D eigenvalue weighted by Crippen LogP contribution is -2.36. The van der Waals surface area contributed by atoms with Crippen molar-refractivity contribution in [1.82, 2.24) is 10.3 Å². The molecule has 88 valence electrons. The van der Waals surface area contributed by atoms with Crippen molar-refractivity contribution in [2.75, 3.05) is 7.11 Å². The monoisotopic (exact) mass is 222 g/mol. The van der Waals surface area contributed by atoms with Crippen molar-refractivity contribution < 1.29 is 9.53 Å². The Morgan fingerprint density at radius 3 is 2.88 bits per heavy atom. The van der Waals surface area contributed by atoms with Gasteiger partial charge in [0.1, 0.15) is 6.04 Å². The van der Waals surface area contributed by atoms with Crippen LogP contribution in [0, 0.1) is 6.92 Å². The first-order valence-electron chi connectivity index (χ1n) is 5.41. The summed E-state index contributed by atoms with van der Waals surface area (Å²) in [6.45, 7) is 4.47. The van der Waals surface area contributed by atoms with Crippen LogP contribution in [0.15, 0.2) is 18.2 Å². The second kappa shape index (κ2) is 6.23. The average Bonchev–Trinajstić information content (AvgIpc) is 2.29. The molecule has 1 rings (SSSR count). The molecule has 0 aromatic carbocycles. The number of nitrogens with one attached hydrogen (secondary N) is 1. The number of aryl methyl sites for hydroxylation is 1. The standard InChI is InChI=1S/C12H18N2O2/c1-4-11(12(15)16-3)13-8-10-7-5-6-9(2)14-10/h5-7,11,13H,4,8H2,1-3H3. The largest absolute Gasteiger partial charge is 0.468 e. The molecule has 0 aliphatic heterocycles. The molecular formula is C12H18N2O2. The van der Waals surface area contributed by atoms with Crippen molar-refractivity contribution in [3.05, 3.63) is 29.6 Å². The van der Waals surface area contributed by atoms with Gasteiger partial charge >= 0.3 is 5.97 Å². The van der Waals surface area contributed by atoms with E-state index in [0.717, 1.165) is 11.4 Å². The van der Waals surface area contributed by atoms with Gasteiger partial charge in [0.2, 0.25) is 0 Å². The lowest BCUT2D eigenvalue weighted by atomic mass is 10.2. The van der Waals surface area contributed by atoms with E-state index in [1.54, 1.807) is 0 Å². The van der Waals surface area contributed by atoms with Crippen LogP contribution < -0.4 is 5.32 Å². The molecule has 0 aliphatic rings. The van der Waals surface area contributed by atoms with E-state index in [-0.39, 0.29) is 12.0 Å². The number of carbonyl (C=O) groups excluding carboxylic acids is 1. The number of esters is 1. The van der Waals surface area contributed by atoms with E-state index < -0.39 is 0 Å². The summed E-state index contributed by atoms with van der Waals surface area (Å²) in [5.74, 6) is -0.227. The van der Waals surface area contributed by atoms with Crippen LogP contribution in [0.25, 0.3) is 0 Å². The summed E-state index contributed by atoms with van der Waals surface area (Å²) >= 11 is 0. The van der Waals surface area contributed by atoms with Gasteiger partial charge in [-0.05, 0) is 25.5 Å². The fourth-order valence-electron chi connectivity index (χ4n) is 1.46. The molecule has 0 aliphatic carbocycles. The van der Waals surface area contributed by atoms with Crippen LogP contribution in [-0.2, 0) is 16.1 Å². The lowest BCUT2D eigenvalue weighted by molar-refractivity contribution is -0.143. The third-order valence-electron chi connectivity index (χ3n) is 2.37. The zero-order valence-electron chi connectivity index (χ0n) is 9.99. The van der Waals surface area contributed by atoms with Crippen LogP contribution in [0.4, 0.5) is 0 Å². The minimum absolute atomic E-state index is 0.227. The summed E-state index contributed by atoms with van der Waals surface area (Å²) in [5.41, 5.74) is 1.91.